The predicted octanol–water partition coefficient (Wildman–Crippen LogP) is 2.77. The van der Waals surface area contributed by atoms with Gasteiger partial charge in [-0.1, -0.05) is 0 Å². The van der Waals surface area contributed by atoms with Gasteiger partial charge in [0.25, 0.3) is 0 Å². The average Bonchev–Trinajstić information content (AvgIpc) is 3.38. The molecule has 2 aliphatic rings. The smallest absolute Gasteiger partial charge is 0.225 e. The van der Waals surface area contributed by atoms with E-state index in [2.05, 4.69) is 15.6 Å². The summed E-state index contributed by atoms with van der Waals surface area (Å²) in [6.45, 7) is 6.11. The topological polar surface area (TPSA) is 160 Å². The van der Waals surface area contributed by atoms with Crippen LogP contribution < -0.4 is 15.4 Å². The highest BCUT2D eigenvalue weighted by molar-refractivity contribution is 8.00. The van der Waals surface area contributed by atoms with Gasteiger partial charge in [0.1, 0.15) is 17.7 Å². The van der Waals surface area contributed by atoms with Crippen LogP contribution in [0.5, 0.6) is 5.88 Å². The highest BCUT2D eigenvalue weighted by Gasteiger charge is 2.43. The van der Waals surface area contributed by atoms with E-state index < -0.39 is 33.7 Å². The van der Waals surface area contributed by atoms with Gasteiger partial charge in [-0.2, -0.15) is 4.98 Å². The highest BCUT2D eigenvalue weighted by atomic mass is 32.2. The van der Waals surface area contributed by atoms with Crippen LogP contribution >= 0.6 is 0 Å². The number of carbonyl (C=O) groups excluding carboxylic acids is 1. The largest absolute Gasteiger partial charge is 0.478 e. The first-order chi connectivity index (χ1) is 18.6. The molecule has 12 heteroatoms. The lowest BCUT2D eigenvalue weighted by Crippen LogP contribution is -2.36. The van der Waals surface area contributed by atoms with Gasteiger partial charge < -0.3 is 30.0 Å². The summed E-state index contributed by atoms with van der Waals surface area (Å²) in [5.41, 5.74) is 2.59. The summed E-state index contributed by atoms with van der Waals surface area (Å²) < 4.78 is 24.2. The van der Waals surface area contributed by atoms with E-state index in [9.17, 15) is 19.2 Å². The molecule has 0 amide bonds. The summed E-state index contributed by atoms with van der Waals surface area (Å²) in [6, 6.07) is 3.41. The molecule has 1 unspecified atom stereocenters. The van der Waals surface area contributed by atoms with Crippen LogP contribution in [-0.2, 0) is 14.3 Å². The van der Waals surface area contributed by atoms with Crippen molar-refractivity contribution in [3.8, 4) is 17.2 Å². The lowest BCUT2D eigenvalue weighted by Gasteiger charge is -2.27. The standard InChI is InChI=1S/C27H35N5O6S/c1-5-37-21-11-16-10-20(38-25(16)15(3)28-21)22-14(2)29-27(30-18-7-6-8-18)32-26(22)31-19-9-17(23(34)24(19)35)12-39(4,36)13-33/h10-11,17-19,23-24,34-35H,5-9,12H2,1-4H3,(H2,29,30,31,32)/t17-,19-,23-,24+,39?/m1/s1. The molecule has 2 saturated carbocycles. The fourth-order valence-corrected chi connectivity index (χ4v) is 6.56. The molecule has 0 spiro atoms. The Labute approximate surface area is 227 Å². The van der Waals surface area contributed by atoms with Crippen LogP contribution in [0.25, 0.3) is 22.3 Å². The zero-order valence-electron chi connectivity index (χ0n) is 22.6. The number of aryl methyl sites for hydroxylation is 2. The second-order valence-electron chi connectivity index (χ2n) is 10.6. The van der Waals surface area contributed by atoms with Crippen molar-refractivity contribution in [3.05, 3.63) is 23.5 Å². The third kappa shape index (κ3) is 5.60. The number of rotatable bonds is 9. The van der Waals surface area contributed by atoms with Crippen LogP contribution in [0.3, 0.4) is 0 Å². The SMILES string of the molecule is CCOc1cc2cc(-c3c(C)nc(NC4CCC4)nc3N[C@@H]3C[C@H](CS(C)(=O)=C=O)[C@@H](O)[C@H]3O)oc2c(C)n1. The van der Waals surface area contributed by atoms with Gasteiger partial charge in [-0.05, 0) is 52.5 Å². The number of pyridine rings is 1. The Kier molecular flexibility index (Phi) is 7.56. The van der Waals surface area contributed by atoms with Gasteiger partial charge in [-0.15, -0.1) is 0 Å². The monoisotopic (exact) mass is 557 g/mol. The Bertz CT molecular complexity index is 1520. The average molecular weight is 558 g/mol. The number of nitrogens with zero attached hydrogens (tertiary/aromatic N) is 3. The normalized spacial score (nSPS) is 24.7. The van der Waals surface area contributed by atoms with Gasteiger partial charge in [0, 0.05) is 44.9 Å². The van der Waals surface area contributed by atoms with Gasteiger partial charge in [0.05, 0.1) is 35.7 Å². The zero-order chi connectivity index (χ0) is 27.9. The van der Waals surface area contributed by atoms with Crippen molar-refractivity contribution in [1.82, 2.24) is 15.0 Å². The summed E-state index contributed by atoms with van der Waals surface area (Å²) in [4.78, 5) is 25.0. The zero-order valence-corrected chi connectivity index (χ0v) is 23.4. The first-order valence-electron chi connectivity index (χ1n) is 13.3. The van der Waals surface area contributed by atoms with Crippen molar-refractivity contribution in [3.63, 3.8) is 0 Å². The first kappa shape index (κ1) is 27.4. The number of furan rings is 1. The van der Waals surface area contributed by atoms with E-state index in [0.717, 1.165) is 24.6 Å². The van der Waals surface area contributed by atoms with Crippen molar-refractivity contribution in [1.29, 1.82) is 0 Å². The molecule has 0 aliphatic heterocycles. The summed E-state index contributed by atoms with van der Waals surface area (Å²) in [7, 11) is -2.88. The van der Waals surface area contributed by atoms with Crippen molar-refractivity contribution in [2.45, 2.75) is 70.7 Å². The van der Waals surface area contributed by atoms with E-state index in [4.69, 9.17) is 19.1 Å². The van der Waals surface area contributed by atoms with E-state index >= 15 is 0 Å². The predicted molar refractivity (Wildman–Crippen MR) is 149 cm³/mol. The number of aromatic nitrogens is 3. The first-order valence-corrected chi connectivity index (χ1v) is 15.4. The Balaban J connectivity index is 1.53. The third-order valence-corrected chi connectivity index (χ3v) is 8.96. The summed E-state index contributed by atoms with van der Waals surface area (Å²) in [5.74, 6) is 1.36. The lowest BCUT2D eigenvalue weighted by atomic mass is 9.93. The van der Waals surface area contributed by atoms with Crippen molar-refractivity contribution in [2.24, 2.45) is 5.92 Å². The maximum atomic E-state index is 12.4. The number of aliphatic hydroxyl groups is 2. The van der Waals surface area contributed by atoms with Gasteiger partial charge in [0.2, 0.25) is 11.8 Å². The number of anilines is 2. The van der Waals surface area contributed by atoms with E-state index in [1.54, 1.807) is 5.23 Å². The minimum absolute atomic E-state index is 0.0466. The maximum Gasteiger partial charge on any atom is 0.225 e. The van der Waals surface area contributed by atoms with Crippen molar-refractivity contribution >= 4 is 37.5 Å². The fraction of sp³-hybridized carbons (Fsp3) is 0.556. The fourth-order valence-electron chi connectivity index (χ4n) is 5.34. The van der Waals surface area contributed by atoms with Crippen molar-refractivity contribution < 1.29 is 28.4 Å². The van der Waals surface area contributed by atoms with Gasteiger partial charge >= 0.3 is 0 Å². The van der Waals surface area contributed by atoms with Crippen molar-refractivity contribution in [2.75, 3.05) is 29.2 Å². The van der Waals surface area contributed by atoms with Crippen LogP contribution in [0.4, 0.5) is 11.8 Å². The third-order valence-electron chi connectivity index (χ3n) is 7.55. The molecule has 3 aromatic heterocycles. The van der Waals surface area contributed by atoms with Gasteiger partial charge in [0.15, 0.2) is 10.8 Å². The molecule has 0 radical (unpaired) electrons. The Morgan fingerprint density at radius 3 is 2.56 bits per heavy atom. The maximum absolute atomic E-state index is 12.4. The molecule has 2 aliphatic carbocycles. The molecule has 0 aromatic carbocycles. The van der Waals surface area contributed by atoms with Crippen LogP contribution in [0.15, 0.2) is 16.5 Å². The van der Waals surface area contributed by atoms with Gasteiger partial charge in [-0.3, -0.25) is 4.21 Å². The molecule has 0 saturated heterocycles. The summed E-state index contributed by atoms with van der Waals surface area (Å²) in [5, 5.41) is 30.6. The number of ether oxygens (including phenoxy) is 1. The Morgan fingerprint density at radius 1 is 1.13 bits per heavy atom. The molecule has 3 aromatic rings. The highest BCUT2D eigenvalue weighted by Crippen LogP contribution is 2.38. The quantitative estimate of drug-likeness (QED) is 0.287. The second kappa shape index (κ2) is 10.8. The molecule has 0 bridgehead atoms. The number of hydrogen-bond acceptors (Lipinski definition) is 11. The molecule has 5 rings (SSSR count). The number of nitrogens with one attached hydrogen (secondary N) is 2. The summed E-state index contributed by atoms with van der Waals surface area (Å²) in [6.07, 6.45) is 2.56. The van der Waals surface area contributed by atoms with Gasteiger partial charge in [-0.25, -0.2) is 14.8 Å². The lowest BCUT2D eigenvalue weighted by molar-refractivity contribution is 0.0218. The summed E-state index contributed by atoms with van der Waals surface area (Å²) >= 11 is 0. The van der Waals surface area contributed by atoms with E-state index in [1.807, 2.05) is 32.9 Å². The van der Waals surface area contributed by atoms with E-state index in [0.29, 0.717) is 65.0 Å². The molecule has 11 nitrogen and oxygen atoms in total. The van der Waals surface area contributed by atoms with Crippen LogP contribution in [0, 0.1) is 19.8 Å². The number of hydrogen-bond donors (Lipinski definition) is 4. The molecule has 5 atom stereocenters. The molecule has 210 valence electrons. The Hall–Kier alpha value is -3.18. The molecular formula is C27H35N5O6S. The number of fused-ring (bicyclic) bond motifs is 1. The molecular weight excluding hydrogens is 522 g/mol. The van der Waals surface area contributed by atoms with Crippen LogP contribution in [0.1, 0.15) is 44.0 Å². The van der Waals surface area contributed by atoms with E-state index in [1.165, 1.54) is 6.26 Å². The molecule has 2 fully saturated rings. The van der Waals surface area contributed by atoms with Crippen LogP contribution in [0.2, 0.25) is 0 Å². The Morgan fingerprint density at radius 2 is 1.90 bits per heavy atom. The second-order valence-corrected chi connectivity index (χ2v) is 13.1. The molecule has 39 heavy (non-hydrogen) atoms. The van der Waals surface area contributed by atoms with Crippen LogP contribution in [-0.4, -0.2) is 77.5 Å². The molecule has 3 heterocycles. The molecule has 4 N–H and O–H groups in total. The minimum atomic E-state index is -2.88. The minimum Gasteiger partial charge on any atom is -0.478 e. The number of aliphatic hydroxyl groups excluding tert-OH is 2. The van der Waals surface area contributed by atoms with E-state index in [-0.39, 0.29) is 5.75 Å².